The molecule has 0 aliphatic carbocycles. The van der Waals surface area contributed by atoms with E-state index in [9.17, 15) is 10.2 Å². The smallest absolute Gasteiger partial charge is 0.0687 e. The highest BCUT2D eigenvalue weighted by Crippen LogP contribution is 2.26. The van der Waals surface area contributed by atoms with Gasteiger partial charge in [-0.1, -0.05) is 19.1 Å². The molecule has 2 rings (SSSR count). The quantitative estimate of drug-likeness (QED) is 0.760. The van der Waals surface area contributed by atoms with Crippen LogP contribution in [0.15, 0.2) is 23.6 Å². The van der Waals surface area contributed by atoms with Gasteiger partial charge in [0.2, 0.25) is 0 Å². The Balaban J connectivity index is 2.35. The molecule has 4 heteroatoms. The number of aliphatic hydroxyl groups is 2. The maximum Gasteiger partial charge on any atom is 0.0687 e. The van der Waals surface area contributed by atoms with Gasteiger partial charge in [-0.25, -0.2) is 0 Å². The summed E-state index contributed by atoms with van der Waals surface area (Å²) in [5, 5.41) is 21.6. The van der Waals surface area contributed by atoms with E-state index < -0.39 is 0 Å². The van der Waals surface area contributed by atoms with Crippen molar-refractivity contribution in [3.05, 3.63) is 56.3 Å². The summed E-state index contributed by atoms with van der Waals surface area (Å²) in [5.41, 5.74) is 5.89. The molecule has 0 unspecified atom stereocenters. The molecule has 0 spiro atoms. The van der Waals surface area contributed by atoms with Crippen molar-refractivity contribution >= 4 is 11.3 Å². The minimum Gasteiger partial charge on any atom is -0.395 e. The highest BCUT2D eigenvalue weighted by atomic mass is 32.1. The molecule has 0 saturated heterocycles. The third-order valence-corrected chi connectivity index (χ3v) is 5.81. The highest BCUT2D eigenvalue weighted by Gasteiger charge is 2.20. The summed E-state index contributed by atoms with van der Waals surface area (Å²) in [5.74, 6) is 0. The van der Waals surface area contributed by atoms with Gasteiger partial charge in [0.15, 0.2) is 0 Å². The van der Waals surface area contributed by atoms with Crippen molar-refractivity contribution < 1.29 is 10.2 Å². The lowest BCUT2D eigenvalue weighted by atomic mass is 9.93. The van der Waals surface area contributed by atoms with Crippen LogP contribution in [0.1, 0.15) is 46.0 Å². The predicted molar refractivity (Wildman–Crippen MR) is 101 cm³/mol. The highest BCUT2D eigenvalue weighted by molar-refractivity contribution is 7.09. The van der Waals surface area contributed by atoms with E-state index in [2.05, 4.69) is 56.2 Å². The lowest BCUT2D eigenvalue weighted by Crippen LogP contribution is -2.36. The molecule has 132 valence electrons. The molecule has 1 atom stereocenters. The number of nitrogens with zero attached hydrogens (tertiary/aromatic N) is 1. The minimum atomic E-state index is 0.0765. The van der Waals surface area contributed by atoms with Crippen LogP contribution in [0.4, 0.5) is 0 Å². The Morgan fingerprint density at radius 1 is 1.08 bits per heavy atom. The summed E-state index contributed by atoms with van der Waals surface area (Å²) in [6.45, 7) is 10.3. The van der Waals surface area contributed by atoms with Crippen LogP contribution < -0.4 is 0 Å². The fourth-order valence-corrected chi connectivity index (χ4v) is 4.11. The Morgan fingerprint density at radius 3 is 2.33 bits per heavy atom. The molecule has 3 nitrogen and oxygen atoms in total. The molecule has 0 aliphatic heterocycles. The summed E-state index contributed by atoms with van der Waals surface area (Å²) in [6, 6.07) is 6.53. The van der Waals surface area contributed by atoms with Crippen molar-refractivity contribution in [2.75, 3.05) is 6.61 Å². The second-order valence-electron chi connectivity index (χ2n) is 6.48. The van der Waals surface area contributed by atoms with Crippen molar-refractivity contribution in [1.29, 1.82) is 0 Å². The number of aliphatic hydroxyl groups excluding tert-OH is 2. The van der Waals surface area contributed by atoms with Gasteiger partial charge in [-0.2, -0.15) is 0 Å². The van der Waals surface area contributed by atoms with Crippen LogP contribution >= 0.6 is 11.3 Å². The van der Waals surface area contributed by atoms with E-state index in [1.165, 1.54) is 21.6 Å². The van der Waals surface area contributed by atoms with E-state index in [1.54, 1.807) is 11.3 Å². The standard InChI is InChI=1S/C20H29NO2S/c1-5-17(12-22)21(10-18-7-6-8-24-18)11-19-14(2)9-15(3)20(13-23)16(19)4/h6-9,17,22-23H,5,10-13H2,1-4H3/t17-/m1/s1. The Bertz CT molecular complexity index is 648. The number of thiophene rings is 1. The van der Waals surface area contributed by atoms with Crippen LogP contribution in [-0.2, 0) is 19.7 Å². The third-order valence-electron chi connectivity index (χ3n) is 4.95. The van der Waals surface area contributed by atoms with Crippen molar-refractivity contribution in [2.45, 2.75) is 59.9 Å². The first-order valence-corrected chi connectivity index (χ1v) is 9.46. The second kappa shape index (κ2) is 8.77. The fraction of sp³-hybridized carbons (Fsp3) is 0.500. The van der Waals surface area contributed by atoms with Gasteiger partial charge in [0.1, 0.15) is 0 Å². The molecular formula is C20H29NO2S. The number of rotatable bonds is 8. The number of hydrogen-bond acceptors (Lipinski definition) is 4. The molecule has 1 aromatic heterocycles. The Labute approximate surface area is 149 Å². The molecular weight excluding hydrogens is 318 g/mol. The molecule has 0 fully saturated rings. The molecule has 2 N–H and O–H groups in total. The summed E-state index contributed by atoms with van der Waals surface area (Å²) < 4.78 is 0. The van der Waals surface area contributed by atoms with Gasteiger partial charge in [-0.3, -0.25) is 4.90 Å². The minimum absolute atomic E-state index is 0.0765. The van der Waals surface area contributed by atoms with E-state index in [-0.39, 0.29) is 19.3 Å². The molecule has 0 radical (unpaired) electrons. The van der Waals surface area contributed by atoms with Crippen LogP contribution in [0.2, 0.25) is 0 Å². The topological polar surface area (TPSA) is 43.7 Å². The molecule has 1 heterocycles. The first kappa shape index (κ1) is 19.1. The fourth-order valence-electron chi connectivity index (χ4n) is 3.38. The van der Waals surface area contributed by atoms with Gasteiger partial charge >= 0.3 is 0 Å². The first-order chi connectivity index (χ1) is 11.5. The summed E-state index contributed by atoms with van der Waals surface area (Å²) in [7, 11) is 0. The SMILES string of the molecule is CC[C@H](CO)N(Cc1cccs1)Cc1c(C)cc(C)c(CO)c1C. The van der Waals surface area contributed by atoms with Gasteiger partial charge in [0, 0.05) is 24.0 Å². The third kappa shape index (κ3) is 4.25. The maximum absolute atomic E-state index is 9.81. The zero-order chi connectivity index (χ0) is 17.7. The lowest BCUT2D eigenvalue weighted by molar-refractivity contribution is 0.107. The van der Waals surface area contributed by atoms with Crippen molar-refractivity contribution in [3.63, 3.8) is 0 Å². The van der Waals surface area contributed by atoms with Crippen LogP contribution in [0, 0.1) is 20.8 Å². The number of aryl methyl sites for hydroxylation is 2. The maximum atomic E-state index is 9.81. The van der Waals surface area contributed by atoms with Gasteiger partial charge in [-0.05, 0) is 66.5 Å². The van der Waals surface area contributed by atoms with Crippen molar-refractivity contribution in [2.24, 2.45) is 0 Å². The lowest BCUT2D eigenvalue weighted by Gasteiger charge is -2.31. The Kier molecular flexibility index (Phi) is 6.99. The summed E-state index contributed by atoms with van der Waals surface area (Å²) in [4.78, 5) is 3.67. The summed E-state index contributed by atoms with van der Waals surface area (Å²) in [6.07, 6.45) is 0.915. The van der Waals surface area contributed by atoms with Crippen LogP contribution in [0.3, 0.4) is 0 Å². The second-order valence-corrected chi connectivity index (χ2v) is 7.51. The van der Waals surface area contributed by atoms with E-state index in [1.807, 2.05) is 0 Å². The zero-order valence-corrected chi connectivity index (χ0v) is 16.0. The zero-order valence-electron chi connectivity index (χ0n) is 15.2. The molecule has 0 saturated carbocycles. The van der Waals surface area contributed by atoms with E-state index in [0.29, 0.717) is 0 Å². The van der Waals surface area contributed by atoms with Crippen molar-refractivity contribution in [1.82, 2.24) is 4.90 Å². The van der Waals surface area contributed by atoms with Gasteiger partial charge < -0.3 is 10.2 Å². The van der Waals surface area contributed by atoms with E-state index in [0.717, 1.165) is 30.6 Å². The average molecular weight is 348 g/mol. The van der Waals surface area contributed by atoms with Gasteiger partial charge in [0.25, 0.3) is 0 Å². The molecule has 1 aromatic carbocycles. The average Bonchev–Trinajstić information content (AvgIpc) is 3.05. The number of hydrogen-bond donors (Lipinski definition) is 2. The first-order valence-electron chi connectivity index (χ1n) is 8.58. The molecule has 0 aliphatic rings. The van der Waals surface area contributed by atoms with Crippen LogP contribution in [0.5, 0.6) is 0 Å². The monoisotopic (exact) mass is 347 g/mol. The van der Waals surface area contributed by atoms with E-state index in [4.69, 9.17) is 0 Å². The largest absolute Gasteiger partial charge is 0.395 e. The Hall–Kier alpha value is -1.20. The van der Waals surface area contributed by atoms with E-state index >= 15 is 0 Å². The molecule has 0 amide bonds. The van der Waals surface area contributed by atoms with Crippen LogP contribution in [0.25, 0.3) is 0 Å². The normalized spacial score (nSPS) is 12.8. The van der Waals surface area contributed by atoms with Gasteiger partial charge in [-0.15, -0.1) is 11.3 Å². The molecule has 0 bridgehead atoms. The van der Waals surface area contributed by atoms with Gasteiger partial charge in [0.05, 0.1) is 13.2 Å². The number of benzene rings is 1. The summed E-state index contributed by atoms with van der Waals surface area (Å²) >= 11 is 1.76. The molecule has 2 aromatic rings. The molecule has 24 heavy (non-hydrogen) atoms. The van der Waals surface area contributed by atoms with Crippen molar-refractivity contribution in [3.8, 4) is 0 Å². The van der Waals surface area contributed by atoms with Crippen LogP contribution in [-0.4, -0.2) is 27.8 Å². The Morgan fingerprint density at radius 2 is 1.79 bits per heavy atom. The predicted octanol–water partition coefficient (Wildman–Crippen LogP) is 3.94.